The lowest BCUT2D eigenvalue weighted by Crippen LogP contribution is -2.05. The molecule has 17 heavy (non-hydrogen) atoms. The second-order valence-corrected chi connectivity index (χ2v) is 5.30. The van der Waals surface area contributed by atoms with E-state index >= 15 is 0 Å². The molecule has 0 bridgehead atoms. The molecule has 0 spiro atoms. The van der Waals surface area contributed by atoms with Crippen LogP contribution in [0, 0.1) is 0 Å². The van der Waals surface area contributed by atoms with Crippen molar-refractivity contribution in [1.82, 2.24) is 4.98 Å². The Bertz CT molecular complexity index is 326. The van der Waals surface area contributed by atoms with Crippen molar-refractivity contribution in [1.29, 1.82) is 0 Å². The van der Waals surface area contributed by atoms with E-state index in [9.17, 15) is 0 Å². The Morgan fingerprint density at radius 3 is 2.59 bits per heavy atom. The van der Waals surface area contributed by atoms with Crippen molar-refractivity contribution in [3.63, 3.8) is 0 Å². The van der Waals surface area contributed by atoms with E-state index in [0.29, 0.717) is 32.3 Å². The van der Waals surface area contributed by atoms with Gasteiger partial charge in [-0.25, -0.2) is 4.98 Å². The minimum Gasteiger partial charge on any atom is -0.382 e. The lowest BCUT2D eigenvalue weighted by Gasteiger charge is -2.02. The molecule has 0 saturated carbocycles. The van der Waals surface area contributed by atoms with Gasteiger partial charge in [0.1, 0.15) is 0 Å². The zero-order valence-electron chi connectivity index (χ0n) is 10.9. The molecule has 1 aromatic heterocycles. The number of nitrogens with two attached hydrogens (primary N) is 1. The second kappa shape index (κ2) is 7.76. The van der Waals surface area contributed by atoms with Gasteiger partial charge in [0.15, 0.2) is 0 Å². The molecule has 0 aliphatic rings. The van der Waals surface area contributed by atoms with Crippen LogP contribution in [-0.2, 0) is 22.4 Å². The van der Waals surface area contributed by atoms with E-state index in [4.69, 9.17) is 15.2 Å². The first-order valence-electron chi connectivity index (χ1n) is 5.94. The first-order chi connectivity index (χ1) is 8.19. The summed E-state index contributed by atoms with van der Waals surface area (Å²) in [6, 6.07) is 0. The average Bonchev–Trinajstić information content (AvgIpc) is 2.72. The predicted octanol–water partition coefficient (Wildman–Crippen LogP) is 1.93. The maximum Gasteiger partial charge on any atom is 0.0954 e. The highest BCUT2D eigenvalue weighted by molar-refractivity contribution is 7.11. The molecule has 0 aliphatic carbocycles. The molecule has 1 rings (SSSR count). The number of aromatic nitrogens is 1. The maximum absolute atomic E-state index is 5.72. The SMILES string of the molecule is COCCOCCc1nc(C(C)C)c(CN)s1. The molecule has 4 nitrogen and oxygen atoms in total. The molecule has 0 aromatic carbocycles. The molecule has 2 N–H and O–H groups in total. The summed E-state index contributed by atoms with van der Waals surface area (Å²) in [4.78, 5) is 5.83. The minimum absolute atomic E-state index is 0.438. The van der Waals surface area contributed by atoms with Crippen molar-refractivity contribution >= 4 is 11.3 Å². The van der Waals surface area contributed by atoms with Gasteiger partial charge in [0.25, 0.3) is 0 Å². The lowest BCUT2D eigenvalue weighted by atomic mass is 10.1. The molecule has 98 valence electrons. The molecule has 5 heteroatoms. The molecule has 0 unspecified atom stereocenters. The normalized spacial score (nSPS) is 11.4. The first-order valence-corrected chi connectivity index (χ1v) is 6.75. The number of thiazole rings is 1. The Morgan fingerprint density at radius 1 is 1.29 bits per heavy atom. The van der Waals surface area contributed by atoms with Crippen LogP contribution >= 0.6 is 11.3 Å². The summed E-state index contributed by atoms with van der Waals surface area (Å²) >= 11 is 1.70. The fraction of sp³-hybridized carbons (Fsp3) is 0.750. The van der Waals surface area contributed by atoms with Crippen molar-refractivity contribution in [2.24, 2.45) is 5.73 Å². The Kier molecular flexibility index (Phi) is 6.65. The summed E-state index contributed by atoms with van der Waals surface area (Å²) < 4.78 is 10.3. The van der Waals surface area contributed by atoms with Crippen molar-refractivity contribution in [2.75, 3.05) is 26.9 Å². The Labute approximate surface area is 107 Å². The zero-order valence-corrected chi connectivity index (χ0v) is 11.7. The van der Waals surface area contributed by atoms with Gasteiger partial charge >= 0.3 is 0 Å². The summed E-state index contributed by atoms with van der Waals surface area (Å²) in [5.74, 6) is 0.438. The molecule has 0 atom stereocenters. The number of hydrogen-bond donors (Lipinski definition) is 1. The van der Waals surface area contributed by atoms with E-state index in [0.717, 1.165) is 17.1 Å². The van der Waals surface area contributed by atoms with E-state index in [2.05, 4.69) is 18.8 Å². The zero-order chi connectivity index (χ0) is 12.7. The van der Waals surface area contributed by atoms with Crippen LogP contribution < -0.4 is 5.73 Å². The van der Waals surface area contributed by atoms with E-state index in [-0.39, 0.29) is 0 Å². The van der Waals surface area contributed by atoms with E-state index in [1.54, 1.807) is 18.4 Å². The largest absolute Gasteiger partial charge is 0.382 e. The van der Waals surface area contributed by atoms with Crippen molar-refractivity contribution in [3.8, 4) is 0 Å². The average molecular weight is 258 g/mol. The van der Waals surface area contributed by atoms with E-state index < -0.39 is 0 Å². The molecule has 0 fully saturated rings. The van der Waals surface area contributed by atoms with Gasteiger partial charge in [-0.2, -0.15) is 0 Å². The third-order valence-electron chi connectivity index (χ3n) is 2.40. The fourth-order valence-corrected chi connectivity index (χ4v) is 2.61. The molecule has 0 radical (unpaired) electrons. The van der Waals surface area contributed by atoms with Crippen molar-refractivity contribution in [2.45, 2.75) is 32.7 Å². The summed E-state index contributed by atoms with van der Waals surface area (Å²) in [7, 11) is 1.67. The van der Waals surface area contributed by atoms with Crippen LogP contribution in [-0.4, -0.2) is 31.9 Å². The van der Waals surface area contributed by atoms with Crippen LogP contribution in [0.15, 0.2) is 0 Å². The molecular weight excluding hydrogens is 236 g/mol. The predicted molar refractivity (Wildman–Crippen MR) is 70.5 cm³/mol. The minimum atomic E-state index is 0.438. The van der Waals surface area contributed by atoms with Gasteiger partial charge in [-0.15, -0.1) is 11.3 Å². The molecular formula is C12H22N2O2S. The highest BCUT2D eigenvalue weighted by atomic mass is 32.1. The quantitative estimate of drug-likeness (QED) is 0.724. The van der Waals surface area contributed by atoms with Gasteiger partial charge < -0.3 is 15.2 Å². The number of nitrogens with zero attached hydrogens (tertiary/aromatic N) is 1. The molecule has 0 aliphatic heterocycles. The van der Waals surface area contributed by atoms with Crippen molar-refractivity contribution in [3.05, 3.63) is 15.6 Å². The van der Waals surface area contributed by atoms with Gasteiger partial charge in [-0.3, -0.25) is 0 Å². The van der Waals surface area contributed by atoms with Gasteiger partial charge in [0, 0.05) is 25.0 Å². The van der Waals surface area contributed by atoms with Crippen LogP contribution in [0.1, 0.15) is 35.3 Å². The summed E-state index contributed by atoms with van der Waals surface area (Å²) in [5, 5.41) is 1.12. The van der Waals surface area contributed by atoms with Crippen molar-refractivity contribution < 1.29 is 9.47 Å². The van der Waals surface area contributed by atoms with Crippen LogP contribution in [0.5, 0.6) is 0 Å². The number of rotatable bonds is 8. The van der Waals surface area contributed by atoms with Crippen LogP contribution in [0.4, 0.5) is 0 Å². The monoisotopic (exact) mass is 258 g/mol. The smallest absolute Gasteiger partial charge is 0.0954 e. The Morgan fingerprint density at radius 2 is 2.06 bits per heavy atom. The molecule has 0 amide bonds. The standard InChI is InChI=1S/C12H22N2O2S/c1-9(2)12-10(8-13)17-11(14-12)4-5-16-7-6-15-3/h9H,4-8,13H2,1-3H3. The van der Waals surface area contributed by atoms with Gasteiger partial charge in [-0.05, 0) is 5.92 Å². The Hall–Kier alpha value is -0.490. The first kappa shape index (κ1) is 14.6. The van der Waals surface area contributed by atoms with Crippen LogP contribution in [0.2, 0.25) is 0 Å². The second-order valence-electron chi connectivity index (χ2n) is 4.13. The third-order valence-corrected chi connectivity index (χ3v) is 3.55. The summed E-state index contributed by atoms with van der Waals surface area (Å²) in [6.07, 6.45) is 0.855. The highest BCUT2D eigenvalue weighted by Gasteiger charge is 2.12. The Balaban J connectivity index is 2.43. The van der Waals surface area contributed by atoms with Crippen LogP contribution in [0.25, 0.3) is 0 Å². The number of ether oxygens (including phenoxy) is 2. The summed E-state index contributed by atoms with van der Waals surface area (Å²) in [5.41, 5.74) is 6.86. The molecule has 1 aromatic rings. The van der Waals surface area contributed by atoms with E-state index in [1.807, 2.05) is 0 Å². The lowest BCUT2D eigenvalue weighted by molar-refractivity contribution is 0.0722. The van der Waals surface area contributed by atoms with Gasteiger partial charge in [0.2, 0.25) is 0 Å². The highest BCUT2D eigenvalue weighted by Crippen LogP contribution is 2.24. The maximum atomic E-state index is 5.72. The molecule has 1 heterocycles. The molecule has 0 saturated heterocycles. The fourth-order valence-electron chi connectivity index (χ4n) is 1.52. The third kappa shape index (κ3) is 4.71. The topological polar surface area (TPSA) is 57.4 Å². The number of hydrogen-bond acceptors (Lipinski definition) is 5. The van der Waals surface area contributed by atoms with Gasteiger partial charge in [0.05, 0.1) is 30.5 Å². The van der Waals surface area contributed by atoms with E-state index in [1.165, 1.54) is 4.88 Å². The van der Waals surface area contributed by atoms with Gasteiger partial charge in [-0.1, -0.05) is 13.8 Å². The summed E-state index contributed by atoms with van der Waals surface area (Å²) in [6.45, 7) is 6.85. The number of methoxy groups -OCH3 is 1. The van der Waals surface area contributed by atoms with Crippen LogP contribution in [0.3, 0.4) is 0 Å².